The Kier molecular flexibility index (Phi) is 3.78. The number of nitrogens with one attached hydrogen (secondary N) is 1. The summed E-state index contributed by atoms with van der Waals surface area (Å²) < 4.78 is 6.03. The zero-order valence-corrected chi connectivity index (χ0v) is 12.8. The average Bonchev–Trinajstić information content (AvgIpc) is 2.91. The third-order valence-electron chi connectivity index (χ3n) is 3.18. The summed E-state index contributed by atoms with van der Waals surface area (Å²) in [6.45, 7) is 1.19. The number of hydrogen-bond acceptors (Lipinski definition) is 2. The number of carbonyl (C=O) groups excluding carboxylic acids is 1. The number of halogens is 2. The average molecular weight is 353 g/mol. The molecule has 2 aromatic rings. The number of fused-ring (bicyclic) bond motifs is 1. The minimum Gasteiger partial charge on any atom is -0.372 e. The maximum atomic E-state index is 12.3. The van der Waals surface area contributed by atoms with Crippen LogP contribution in [-0.4, -0.2) is 5.91 Å². The molecule has 3 rings (SSSR count). The minimum atomic E-state index is -0.164. The van der Waals surface area contributed by atoms with Gasteiger partial charge in [0, 0.05) is 5.56 Å². The van der Waals surface area contributed by atoms with Gasteiger partial charge in [-0.3, -0.25) is 4.79 Å². The zero-order valence-electron chi connectivity index (χ0n) is 10.5. The van der Waals surface area contributed by atoms with Crippen molar-refractivity contribution in [1.82, 2.24) is 0 Å². The van der Waals surface area contributed by atoms with Crippen molar-refractivity contribution < 1.29 is 9.53 Å². The zero-order chi connectivity index (χ0) is 14.1. The molecule has 0 atom stereocenters. The lowest BCUT2D eigenvalue weighted by Crippen LogP contribution is -2.12. The topological polar surface area (TPSA) is 38.3 Å². The van der Waals surface area contributed by atoms with Crippen LogP contribution in [0.25, 0.3) is 0 Å². The van der Waals surface area contributed by atoms with E-state index in [0.29, 0.717) is 34.0 Å². The van der Waals surface area contributed by atoms with Crippen LogP contribution < -0.4 is 5.32 Å². The van der Waals surface area contributed by atoms with E-state index >= 15 is 0 Å². The van der Waals surface area contributed by atoms with E-state index in [4.69, 9.17) is 16.3 Å². The van der Waals surface area contributed by atoms with Gasteiger partial charge in [-0.05, 0) is 51.3 Å². The van der Waals surface area contributed by atoms with Crippen molar-refractivity contribution in [3.8, 4) is 0 Å². The van der Waals surface area contributed by atoms with Crippen molar-refractivity contribution in [2.75, 3.05) is 5.32 Å². The standard InChI is InChI=1S/C15H11BrClNO2/c16-14-12(17)2-1-3-13(14)18-15(19)9-4-5-10-7-20-8-11(10)6-9/h1-6H,7-8H2,(H,18,19). The van der Waals surface area contributed by atoms with Crippen molar-refractivity contribution in [3.63, 3.8) is 0 Å². The third kappa shape index (κ3) is 2.59. The Balaban J connectivity index is 1.84. The van der Waals surface area contributed by atoms with Crippen LogP contribution >= 0.6 is 27.5 Å². The molecule has 0 unspecified atom stereocenters. The van der Waals surface area contributed by atoms with Gasteiger partial charge in [-0.2, -0.15) is 0 Å². The van der Waals surface area contributed by atoms with Gasteiger partial charge in [0.2, 0.25) is 0 Å². The molecule has 1 amide bonds. The quantitative estimate of drug-likeness (QED) is 0.871. The first-order valence-electron chi connectivity index (χ1n) is 6.10. The molecule has 0 aliphatic carbocycles. The Morgan fingerprint density at radius 2 is 2.00 bits per heavy atom. The molecule has 0 aromatic heterocycles. The van der Waals surface area contributed by atoms with Crippen LogP contribution in [0.1, 0.15) is 21.5 Å². The van der Waals surface area contributed by atoms with Crippen LogP contribution in [0.5, 0.6) is 0 Å². The maximum absolute atomic E-state index is 12.3. The molecule has 0 fully saturated rings. The van der Waals surface area contributed by atoms with Gasteiger partial charge < -0.3 is 10.1 Å². The van der Waals surface area contributed by atoms with E-state index in [-0.39, 0.29) is 5.91 Å². The van der Waals surface area contributed by atoms with E-state index in [1.807, 2.05) is 12.1 Å². The molecule has 2 aromatic carbocycles. The smallest absolute Gasteiger partial charge is 0.255 e. The van der Waals surface area contributed by atoms with Gasteiger partial charge in [0.15, 0.2) is 0 Å². The second-order valence-electron chi connectivity index (χ2n) is 4.53. The highest BCUT2D eigenvalue weighted by molar-refractivity contribution is 9.10. The highest BCUT2D eigenvalue weighted by atomic mass is 79.9. The summed E-state index contributed by atoms with van der Waals surface area (Å²) in [6, 6.07) is 11.0. The van der Waals surface area contributed by atoms with Gasteiger partial charge in [0.25, 0.3) is 5.91 Å². The van der Waals surface area contributed by atoms with E-state index in [1.54, 1.807) is 24.3 Å². The number of hydrogen-bond donors (Lipinski definition) is 1. The highest BCUT2D eigenvalue weighted by Gasteiger charge is 2.15. The van der Waals surface area contributed by atoms with Crippen molar-refractivity contribution in [1.29, 1.82) is 0 Å². The lowest BCUT2D eigenvalue weighted by molar-refractivity contribution is 0.102. The highest BCUT2D eigenvalue weighted by Crippen LogP contribution is 2.30. The molecule has 5 heteroatoms. The van der Waals surface area contributed by atoms with Crippen molar-refractivity contribution >= 4 is 39.1 Å². The normalized spacial score (nSPS) is 13.1. The van der Waals surface area contributed by atoms with Gasteiger partial charge in [0.05, 0.1) is 28.4 Å². The lowest BCUT2D eigenvalue weighted by Gasteiger charge is -2.09. The van der Waals surface area contributed by atoms with Gasteiger partial charge in [-0.25, -0.2) is 0 Å². The van der Waals surface area contributed by atoms with Gasteiger partial charge in [-0.1, -0.05) is 23.7 Å². The predicted octanol–water partition coefficient (Wildman–Crippen LogP) is 4.39. The molecular weight excluding hydrogens is 342 g/mol. The molecule has 102 valence electrons. The fourth-order valence-electron chi connectivity index (χ4n) is 2.11. The van der Waals surface area contributed by atoms with Crippen LogP contribution in [0.2, 0.25) is 5.02 Å². The first-order valence-corrected chi connectivity index (χ1v) is 7.27. The Morgan fingerprint density at radius 3 is 2.85 bits per heavy atom. The van der Waals surface area contributed by atoms with E-state index in [0.717, 1.165) is 11.1 Å². The van der Waals surface area contributed by atoms with Gasteiger partial charge in [0.1, 0.15) is 0 Å². The number of rotatable bonds is 2. The molecule has 0 spiro atoms. The summed E-state index contributed by atoms with van der Waals surface area (Å²) in [6.07, 6.45) is 0. The summed E-state index contributed by atoms with van der Waals surface area (Å²) in [5.41, 5.74) is 3.48. The van der Waals surface area contributed by atoms with E-state index in [2.05, 4.69) is 21.2 Å². The van der Waals surface area contributed by atoms with Crippen molar-refractivity contribution in [2.45, 2.75) is 13.2 Å². The second kappa shape index (κ2) is 5.56. The first kappa shape index (κ1) is 13.6. The lowest BCUT2D eigenvalue weighted by atomic mass is 10.1. The molecule has 1 aliphatic rings. The fourth-order valence-corrected chi connectivity index (χ4v) is 2.65. The fraction of sp³-hybridized carbons (Fsp3) is 0.133. The number of amides is 1. The first-order chi connectivity index (χ1) is 9.65. The van der Waals surface area contributed by atoms with Crippen LogP contribution in [0.15, 0.2) is 40.9 Å². The predicted molar refractivity (Wildman–Crippen MR) is 82.0 cm³/mol. The minimum absolute atomic E-state index is 0.164. The Labute approximate surface area is 130 Å². The largest absolute Gasteiger partial charge is 0.372 e. The van der Waals surface area contributed by atoms with Crippen molar-refractivity contribution in [2.24, 2.45) is 0 Å². The second-order valence-corrected chi connectivity index (χ2v) is 5.73. The Hall–Kier alpha value is -1.36. The number of benzene rings is 2. The summed E-state index contributed by atoms with van der Waals surface area (Å²) in [7, 11) is 0. The summed E-state index contributed by atoms with van der Waals surface area (Å²) >= 11 is 9.37. The molecule has 1 aliphatic heterocycles. The Bertz CT molecular complexity index is 688. The Morgan fingerprint density at radius 1 is 1.20 bits per heavy atom. The molecule has 0 bridgehead atoms. The van der Waals surface area contributed by atoms with Crippen LogP contribution in [0, 0.1) is 0 Å². The number of ether oxygens (including phenoxy) is 1. The molecule has 20 heavy (non-hydrogen) atoms. The monoisotopic (exact) mass is 351 g/mol. The van der Waals surface area contributed by atoms with Crippen LogP contribution in [-0.2, 0) is 18.0 Å². The van der Waals surface area contributed by atoms with Gasteiger partial charge in [-0.15, -0.1) is 0 Å². The third-order valence-corrected chi connectivity index (χ3v) is 4.58. The maximum Gasteiger partial charge on any atom is 0.255 e. The van der Waals surface area contributed by atoms with E-state index in [1.165, 1.54) is 0 Å². The number of carbonyl (C=O) groups is 1. The SMILES string of the molecule is O=C(Nc1cccc(Cl)c1Br)c1ccc2c(c1)COC2. The molecule has 1 heterocycles. The molecule has 0 radical (unpaired) electrons. The molecule has 0 saturated carbocycles. The summed E-state index contributed by atoms with van der Waals surface area (Å²) in [5, 5.41) is 3.41. The van der Waals surface area contributed by atoms with Crippen LogP contribution in [0.3, 0.4) is 0 Å². The summed E-state index contributed by atoms with van der Waals surface area (Å²) in [5.74, 6) is -0.164. The van der Waals surface area contributed by atoms with E-state index in [9.17, 15) is 4.79 Å². The van der Waals surface area contributed by atoms with E-state index < -0.39 is 0 Å². The molecule has 3 nitrogen and oxygen atoms in total. The van der Waals surface area contributed by atoms with Crippen LogP contribution in [0.4, 0.5) is 5.69 Å². The molecule has 0 saturated heterocycles. The number of anilines is 1. The van der Waals surface area contributed by atoms with Crippen molar-refractivity contribution in [3.05, 3.63) is 62.6 Å². The molecular formula is C15H11BrClNO2. The van der Waals surface area contributed by atoms with Gasteiger partial charge >= 0.3 is 0 Å². The molecule has 1 N–H and O–H groups in total. The summed E-state index contributed by atoms with van der Waals surface area (Å²) in [4.78, 5) is 12.3.